The molecule has 0 bridgehead atoms. The molecule has 1 N–H and O–H groups in total. The van der Waals surface area contributed by atoms with E-state index in [0.29, 0.717) is 23.8 Å². The number of aryl methyl sites for hydroxylation is 1. The first-order valence-electron chi connectivity index (χ1n) is 13.7. The van der Waals surface area contributed by atoms with Gasteiger partial charge in [-0.1, -0.05) is 44.2 Å². The summed E-state index contributed by atoms with van der Waals surface area (Å²) in [5.41, 5.74) is 1.92. The molecule has 8 nitrogen and oxygen atoms in total. The fraction of sp³-hybridized carbons (Fsp3) is 0.438. The van der Waals surface area contributed by atoms with Gasteiger partial charge in [-0.05, 0) is 68.4 Å². The minimum Gasteiger partial charge on any atom is -0.496 e. The van der Waals surface area contributed by atoms with E-state index in [9.17, 15) is 19.6 Å². The van der Waals surface area contributed by atoms with Crippen LogP contribution < -0.4 is 4.74 Å². The summed E-state index contributed by atoms with van der Waals surface area (Å²) in [6.07, 6.45) is 1.38. The van der Waals surface area contributed by atoms with E-state index in [2.05, 4.69) is 24.9 Å². The molecule has 3 aromatic rings. The predicted molar refractivity (Wildman–Crippen MR) is 154 cm³/mol. The molecule has 2 amide bonds. The van der Waals surface area contributed by atoms with E-state index in [1.54, 1.807) is 20.2 Å². The topological polar surface area (TPSA) is 106 Å². The highest BCUT2D eigenvalue weighted by Crippen LogP contribution is 2.41. The predicted octanol–water partition coefficient (Wildman–Crippen LogP) is 5.01. The molecular weight excluding hydrogens is 504 g/mol. The van der Waals surface area contributed by atoms with Gasteiger partial charge in [0.2, 0.25) is 5.91 Å². The van der Waals surface area contributed by atoms with Gasteiger partial charge in [0.1, 0.15) is 29.3 Å². The van der Waals surface area contributed by atoms with Crippen molar-refractivity contribution in [3.8, 4) is 11.8 Å². The molecule has 8 heteroatoms. The summed E-state index contributed by atoms with van der Waals surface area (Å²) >= 11 is 0. The maximum atomic E-state index is 14.2. The van der Waals surface area contributed by atoms with Crippen molar-refractivity contribution in [1.29, 1.82) is 5.26 Å². The third kappa shape index (κ3) is 5.21. The summed E-state index contributed by atoms with van der Waals surface area (Å²) in [5, 5.41) is 10.9. The van der Waals surface area contributed by atoms with Crippen molar-refractivity contribution in [2.75, 3.05) is 20.7 Å². The van der Waals surface area contributed by atoms with Crippen LogP contribution in [0.15, 0.2) is 48.5 Å². The first-order chi connectivity index (χ1) is 19.0. The smallest absolute Gasteiger partial charge is 0.270 e. The number of H-pyrrole nitrogens is 1. The molecule has 1 aromatic heterocycles. The van der Waals surface area contributed by atoms with Crippen molar-refractivity contribution < 1.29 is 19.1 Å². The van der Waals surface area contributed by atoms with Crippen molar-refractivity contribution >= 4 is 28.5 Å². The van der Waals surface area contributed by atoms with Crippen LogP contribution in [0.3, 0.4) is 0 Å². The van der Waals surface area contributed by atoms with Gasteiger partial charge < -0.3 is 19.5 Å². The first-order valence-corrected chi connectivity index (χ1v) is 13.7. The number of benzene rings is 2. The lowest BCUT2D eigenvalue weighted by Gasteiger charge is -2.33. The molecule has 3 atom stereocenters. The van der Waals surface area contributed by atoms with Crippen molar-refractivity contribution in [2.45, 2.75) is 64.5 Å². The van der Waals surface area contributed by atoms with Gasteiger partial charge in [-0.15, -0.1) is 0 Å². The number of amides is 2. The summed E-state index contributed by atoms with van der Waals surface area (Å²) in [5.74, 6) is 0.240. The van der Waals surface area contributed by atoms with Crippen LogP contribution >= 0.6 is 0 Å². The van der Waals surface area contributed by atoms with Gasteiger partial charge in [-0.2, -0.15) is 5.26 Å². The number of hydrogen-bond acceptors (Lipinski definition) is 5. The van der Waals surface area contributed by atoms with E-state index in [1.165, 1.54) is 16.7 Å². The first kappa shape index (κ1) is 28.9. The largest absolute Gasteiger partial charge is 0.496 e. The van der Waals surface area contributed by atoms with Gasteiger partial charge in [0.25, 0.3) is 5.91 Å². The molecule has 0 saturated carbocycles. The fourth-order valence-electron chi connectivity index (χ4n) is 5.92. The molecular formula is C32H38N4O4. The number of hydrogen-bond donors (Lipinski definition) is 1. The highest BCUT2D eigenvalue weighted by Gasteiger charge is 2.52. The summed E-state index contributed by atoms with van der Waals surface area (Å²) < 4.78 is 5.44. The number of fused-ring (bicyclic) bond motifs is 1. The van der Waals surface area contributed by atoms with E-state index >= 15 is 0 Å². The third-order valence-electron chi connectivity index (χ3n) is 8.29. The highest BCUT2D eigenvalue weighted by molar-refractivity contribution is 6.01. The Kier molecular flexibility index (Phi) is 8.34. The third-order valence-corrected chi connectivity index (χ3v) is 8.29. The van der Waals surface area contributed by atoms with Crippen LogP contribution in [0.1, 0.15) is 61.6 Å². The van der Waals surface area contributed by atoms with Crippen molar-refractivity contribution in [1.82, 2.24) is 14.8 Å². The monoisotopic (exact) mass is 542 g/mol. The van der Waals surface area contributed by atoms with Gasteiger partial charge in [0, 0.05) is 24.5 Å². The number of aromatic nitrogens is 1. The molecule has 0 aliphatic carbocycles. The van der Waals surface area contributed by atoms with Gasteiger partial charge in [0.15, 0.2) is 0 Å². The van der Waals surface area contributed by atoms with Crippen LogP contribution in [0, 0.1) is 24.2 Å². The van der Waals surface area contributed by atoms with Crippen LogP contribution in [-0.2, 0) is 15.0 Å². The number of carbonyl (C=O) groups excluding carboxylic acids is 3. The summed E-state index contributed by atoms with van der Waals surface area (Å²) in [4.78, 5) is 47.3. The summed E-state index contributed by atoms with van der Waals surface area (Å²) in [6.45, 7) is 7.72. The van der Waals surface area contributed by atoms with Crippen molar-refractivity contribution in [3.63, 3.8) is 0 Å². The van der Waals surface area contributed by atoms with Gasteiger partial charge in [-0.25, -0.2) is 0 Å². The Labute approximate surface area is 235 Å². The molecule has 1 aliphatic heterocycles. The van der Waals surface area contributed by atoms with Gasteiger partial charge in [0.05, 0.1) is 18.6 Å². The number of carbonyl (C=O) groups is 3. The van der Waals surface area contributed by atoms with Crippen molar-refractivity contribution in [3.05, 3.63) is 65.4 Å². The zero-order chi connectivity index (χ0) is 29.2. The maximum Gasteiger partial charge on any atom is 0.270 e. The van der Waals surface area contributed by atoms with E-state index in [-0.39, 0.29) is 30.6 Å². The molecule has 2 heterocycles. The Morgan fingerprint density at radius 1 is 1.18 bits per heavy atom. The number of nitrogens with one attached hydrogen (secondary N) is 1. The molecule has 0 spiro atoms. The maximum absolute atomic E-state index is 14.2. The number of nitrogens with zero attached hydrogens (tertiary/aromatic N) is 3. The summed E-state index contributed by atoms with van der Waals surface area (Å²) in [7, 11) is 3.21. The second kappa shape index (κ2) is 11.5. The molecule has 4 rings (SSSR count). The molecule has 1 saturated heterocycles. The molecule has 1 aliphatic rings. The number of Topliss-reactive ketones (excluding diaryl/α,β-unsaturated/α-hetero) is 1. The van der Waals surface area contributed by atoms with Crippen LogP contribution in [0.25, 0.3) is 10.9 Å². The van der Waals surface area contributed by atoms with E-state index in [4.69, 9.17) is 4.74 Å². The zero-order valence-corrected chi connectivity index (χ0v) is 24.2. The number of ketones is 1. The van der Waals surface area contributed by atoms with Gasteiger partial charge >= 0.3 is 0 Å². The molecule has 0 unspecified atom stereocenters. The Morgan fingerprint density at radius 2 is 1.90 bits per heavy atom. The normalized spacial score (nSPS) is 19.4. The molecule has 40 heavy (non-hydrogen) atoms. The van der Waals surface area contributed by atoms with Crippen LogP contribution in [-0.4, -0.2) is 65.2 Å². The number of aromatic amines is 1. The lowest BCUT2D eigenvalue weighted by Crippen LogP contribution is -2.51. The van der Waals surface area contributed by atoms with Crippen LogP contribution in [0.2, 0.25) is 0 Å². The number of methoxy groups -OCH3 is 1. The summed E-state index contributed by atoms with van der Waals surface area (Å²) in [6, 6.07) is 15.6. The van der Waals surface area contributed by atoms with E-state index < -0.39 is 17.5 Å². The van der Waals surface area contributed by atoms with Crippen molar-refractivity contribution in [2.24, 2.45) is 5.92 Å². The number of rotatable bonds is 9. The lowest BCUT2D eigenvalue weighted by atomic mass is 9.74. The minimum atomic E-state index is -0.972. The standard InChI is InChI=1S/C32H38N4O4/c1-20(2)14-15-28(35(5)30(38)27-16-24-26(34-27)12-9-13-29(24)40-6)31(39)36-19-32(22(4)37,17-23(36)18-33)25-11-8-7-10-21(25)3/h7-13,16,20,23,28,34H,14-15,17,19H2,1-6H3/t23-,28-,32+/m0/s1. The minimum absolute atomic E-state index is 0.0764. The molecule has 1 fully saturated rings. The Hall–Kier alpha value is -4.12. The second-order valence-corrected chi connectivity index (χ2v) is 11.3. The number of ether oxygens (including phenoxy) is 1. The average molecular weight is 543 g/mol. The molecule has 2 aromatic carbocycles. The molecule has 210 valence electrons. The number of nitriles is 1. The lowest BCUT2D eigenvalue weighted by molar-refractivity contribution is -0.136. The van der Waals surface area contributed by atoms with E-state index in [0.717, 1.165) is 28.5 Å². The SMILES string of the molecule is COc1cccc2[nH]c(C(=O)N(C)[C@@H](CCC(C)C)C(=O)N3C[C@](C(C)=O)(c4ccccc4C)C[C@H]3C#N)cc12. The quantitative estimate of drug-likeness (QED) is 0.409. The van der Waals surface area contributed by atoms with Crippen LogP contribution in [0.4, 0.5) is 0 Å². The Balaban J connectivity index is 1.69. The average Bonchev–Trinajstić information content (AvgIpc) is 3.55. The zero-order valence-electron chi connectivity index (χ0n) is 24.2. The number of likely N-dealkylation sites (tertiary alicyclic amines) is 1. The van der Waals surface area contributed by atoms with Crippen LogP contribution in [0.5, 0.6) is 5.75 Å². The molecule has 0 radical (unpaired) electrons. The Bertz CT molecular complexity index is 1470. The second-order valence-electron chi connectivity index (χ2n) is 11.3. The Morgan fingerprint density at radius 3 is 2.52 bits per heavy atom. The van der Waals surface area contributed by atoms with E-state index in [1.807, 2.05) is 49.4 Å². The number of likely N-dealkylation sites (N-methyl/N-ethyl adjacent to an activating group) is 1. The highest BCUT2D eigenvalue weighted by atomic mass is 16.5. The van der Waals surface area contributed by atoms with Gasteiger partial charge in [-0.3, -0.25) is 14.4 Å². The fourth-order valence-corrected chi connectivity index (χ4v) is 5.92.